The number of hydrogen-bond acceptors (Lipinski definition) is 2. The molecule has 2 nitrogen and oxygen atoms in total. The average Bonchev–Trinajstić information content (AvgIpc) is 2.33. The van der Waals surface area contributed by atoms with Gasteiger partial charge in [0, 0.05) is 17.5 Å². The smallest absolute Gasteiger partial charge is 0.123 e. The zero-order valence-electron chi connectivity index (χ0n) is 9.38. The molecule has 3 heteroatoms. The van der Waals surface area contributed by atoms with Crippen LogP contribution in [0.15, 0.2) is 18.2 Å². The van der Waals surface area contributed by atoms with E-state index in [2.05, 4.69) is 0 Å². The number of nitrogens with two attached hydrogens (primary N) is 1. The highest BCUT2D eigenvalue weighted by Crippen LogP contribution is 2.42. The van der Waals surface area contributed by atoms with Crippen LogP contribution in [0.2, 0.25) is 0 Å². The van der Waals surface area contributed by atoms with Crippen molar-refractivity contribution in [3.05, 3.63) is 29.6 Å². The first kappa shape index (κ1) is 11.4. The van der Waals surface area contributed by atoms with Gasteiger partial charge in [-0.05, 0) is 31.0 Å². The van der Waals surface area contributed by atoms with Crippen LogP contribution in [0, 0.1) is 5.82 Å². The van der Waals surface area contributed by atoms with Crippen molar-refractivity contribution >= 4 is 0 Å². The largest absolute Gasteiger partial charge is 0.508 e. The minimum atomic E-state index is -0.300. The number of rotatable bonds is 2. The molecule has 0 aliphatic heterocycles. The lowest BCUT2D eigenvalue weighted by Crippen LogP contribution is -2.37. The highest BCUT2D eigenvalue weighted by Gasteiger charge is 2.34. The predicted octanol–water partition coefficient (Wildman–Crippen LogP) is 2.69. The minimum absolute atomic E-state index is 0.175. The molecule has 3 N–H and O–H groups in total. The molecule has 0 unspecified atom stereocenters. The lowest BCUT2D eigenvalue weighted by Gasteiger charge is -2.37. The summed E-state index contributed by atoms with van der Waals surface area (Å²) in [5, 5.41) is 9.86. The van der Waals surface area contributed by atoms with E-state index in [4.69, 9.17) is 5.73 Å². The summed E-state index contributed by atoms with van der Waals surface area (Å²) in [6.07, 6.45) is 5.30. The maximum absolute atomic E-state index is 13.3. The van der Waals surface area contributed by atoms with Crippen LogP contribution in [-0.2, 0) is 5.41 Å². The van der Waals surface area contributed by atoms with Gasteiger partial charge in [0.1, 0.15) is 11.6 Å². The maximum atomic E-state index is 13.3. The standard InChI is InChI=1S/C13H18FNO/c14-10-4-5-12(16)11(8-10)13(9-15)6-2-1-3-7-13/h4-5,8,16H,1-3,6-7,9,15H2. The molecule has 0 radical (unpaired) electrons. The Kier molecular flexibility index (Phi) is 3.15. The third kappa shape index (κ3) is 1.92. The first-order valence-electron chi connectivity index (χ1n) is 5.87. The molecule has 0 spiro atoms. The Bertz CT molecular complexity index is 372. The van der Waals surface area contributed by atoms with Crippen LogP contribution in [0.25, 0.3) is 0 Å². The number of halogens is 1. The van der Waals surface area contributed by atoms with E-state index in [9.17, 15) is 9.50 Å². The van der Waals surface area contributed by atoms with E-state index in [0.29, 0.717) is 12.1 Å². The van der Waals surface area contributed by atoms with Gasteiger partial charge in [-0.3, -0.25) is 0 Å². The predicted molar refractivity (Wildman–Crippen MR) is 61.9 cm³/mol. The van der Waals surface area contributed by atoms with Crippen LogP contribution < -0.4 is 5.73 Å². The van der Waals surface area contributed by atoms with Gasteiger partial charge in [0.05, 0.1) is 0 Å². The van der Waals surface area contributed by atoms with E-state index in [1.54, 1.807) is 0 Å². The quantitative estimate of drug-likeness (QED) is 0.809. The molecule has 88 valence electrons. The van der Waals surface area contributed by atoms with Crippen LogP contribution in [0.3, 0.4) is 0 Å². The van der Waals surface area contributed by atoms with Crippen molar-refractivity contribution in [2.75, 3.05) is 6.54 Å². The van der Waals surface area contributed by atoms with Gasteiger partial charge in [0.2, 0.25) is 0 Å². The van der Waals surface area contributed by atoms with Gasteiger partial charge in [-0.1, -0.05) is 19.3 Å². The summed E-state index contributed by atoms with van der Waals surface area (Å²) in [7, 11) is 0. The summed E-state index contributed by atoms with van der Waals surface area (Å²) < 4.78 is 13.3. The minimum Gasteiger partial charge on any atom is -0.508 e. The summed E-state index contributed by atoms with van der Waals surface area (Å²) in [5.74, 6) is -0.125. The molecule has 16 heavy (non-hydrogen) atoms. The second-order valence-electron chi connectivity index (χ2n) is 4.71. The highest BCUT2D eigenvalue weighted by molar-refractivity contribution is 5.39. The lowest BCUT2D eigenvalue weighted by atomic mass is 9.69. The van der Waals surface area contributed by atoms with E-state index in [-0.39, 0.29) is 17.0 Å². The lowest BCUT2D eigenvalue weighted by molar-refractivity contribution is 0.289. The third-order valence-electron chi connectivity index (χ3n) is 3.73. The van der Waals surface area contributed by atoms with Crippen molar-refractivity contribution in [3.63, 3.8) is 0 Å². The first-order chi connectivity index (χ1) is 7.68. The van der Waals surface area contributed by atoms with Gasteiger partial charge in [-0.25, -0.2) is 4.39 Å². The summed E-state index contributed by atoms with van der Waals surface area (Å²) in [4.78, 5) is 0. The molecule has 0 saturated heterocycles. The highest BCUT2D eigenvalue weighted by atomic mass is 19.1. The molecule has 0 aromatic heterocycles. The molecule has 0 bridgehead atoms. The molecule has 0 amide bonds. The molecular weight excluding hydrogens is 205 g/mol. The fourth-order valence-corrected chi connectivity index (χ4v) is 2.75. The summed E-state index contributed by atoms with van der Waals surface area (Å²) in [6.45, 7) is 0.476. The van der Waals surface area contributed by atoms with E-state index in [1.807, 2.05) is 0 Å². The average molecular weight is 223 g/mol. The van der Waals surface area contributed by atoms with E-state index in [1.165, 1.54) is 24.6 Å². The van der Waals surface area contributed by atoms with Gasteiger partial charge >= 0.3 is 0 Å². The van der Waals surface area contributed by atoms with Crippen LogP contribution in [-0.4, -0.2) is 11.7 Å². The molecule has 1 aliphatic rings. The van der Waals surface area contributed by atoms with Gasteiger partial charge < -0.3 is 10.8 Å². The first-order valence-corrected chi connectivity index (χ1v) is 5.87. The van der Waals surface area contributed by atoms with Crippen molar-refractivity contribution in [3.8, 4) is 5.75 Å². The molecule has 2 rings (SSSR count). The molecule has 0 heterocycles. The van der Waals surface area contributed by atoms with Crippen LogP contribution >= 0.6 is 0 Å². The topological polar surface area (TPSA) is 46.2 Å². The van der Waals surface area contributed by atoms with E-state index in [0.717, 1.165) is 25.7 Å². The Morgan fingerprint density at radius 2 is 1.94 bits per heavy atom. The number of phenols is 1. The Balaban J connectivity index is 2.42. The molecule has 1 aliphatic carbocycles. The van der Waals surface area contributed by atoms with Gasteiger partial charge in [-0.2, -0.15) is 0 Å². The van der Waals surface area contributed by atoms with Crippen LogP contribution in [0.1, 0.15) is 37.7 Å². The molecule has 1 saturated carbocycles. The van der Waals surface area contributed by atoms with Crippen LogP contribution in [0.5, 0.6) is 5.75 Å². The normalized spacial score (nSPS) is 19.6. The molecule has 1 aromatic carbocycles. The zero-order chi connectivity index (χ0) is 11.6. The molecule has 1 fully saturated rings. The number of aromatic hydroxyl groups is 1. The van der Waals surface area contributed by atoms with Crippen molar-refractivity contribution in [2.45, 2.75) is 37.5 Å². The van der Waals surface area contributed by atoms with Crippen molar-refractivity contribution in [1.29, 1.82) is 0 Å². The summed E-state index contributed by atoms with van der Waals surface area (Å²) in [6, 6.07) is 4.15. The Labute approximate surface area is 95.3 Å². The molecule has 1 aromatic rings. The summed E-state index contributed by atoms with van der Waals surface area (Å²) in [5.41, 5.74) is 6.33. The Hall–Kier alpha value is -1.09. The Morgan fingerprint density at radius 3 is 2.56 bits per heavy atom. The maximum Gasteiger partial charge on any atom is 0.123 e. The van der Waals surface area contributed by atoms with Crippen LogP contribution in [0.4, 0.5) is 4.39 Å². The third-order valence-corrected chi connectivity index (χ3v) is 3.73. The molecular formula is C13H18FNO. The van der Waals surface area contributed by atoms with Gasteiger partial charge in [0.15, 0.2) is 0 Å². The molecule has 0 atom stereocenters. The van der Waals surface area contributed by atoms with Crippen molar-refractivity contribution < 1.29 is 9.50 Å². The van der Waals surface area contributed by atoms with Crippen molar-refractivity contribution in [2.24, 2.45) is 5.73 Å². The second kappa shape index (κ2) is 4.42. The number of phenolic OH excluding ortho intramolecular Hbond substituents is 1. The van der Waals surface area contributed by atoms with Crippen molar-refractivity contribution in [1.82, 2.24) is 0 Å². The Morgan fingerprint density at radius 1 is 1.25 bits per heavy atom. The van der Waals surface area contributed by atoms with Gasteiger partial charge in [-0.15, -0.1) is 0 Å². The van der Waals surface area contributed by atoms with E-state index >= 15 is 0 Å². The zero-order valence-corrected chi connectivity index (χ0v) is 9.38. The van der Waals surface area contributed by atoms with E-state index < -0.39 is 0 Å². The monoisotopic (exact) mass is 223 g/mol. The second-order valence-corrected chi connectivity index (χ2v) is 4.71. The number of benzene rings is 1. The van der Waals surface area contributed by atoms with Gasteiger partial charge in [0.25, 0.3) is 0 Å². The fourth-order valence-electron chi connectivity index (χ4n) is 2.75. The number of hydrogen-bond donors (Lipinski definition) is 2. The SMILES string of the molecule is NCC1(c2cc(F)ccc2O)CCCCC1. The summed E-state index contributed by atoms with van der Waals surface area (Å²) >= 11 is 0. The fraction of sp³-hybridized carbons (Fsp3) is 0.538.